The van der Waals surface area contributed by atoms with Gasteiger partial charge < -0.3 is 19.5 Å². The summed E-state index contributed by atoms with van der Waals surface area (Å²) in [6.07, 6.45) is 5.61. The molecule has 21 heavy (non-hydrogen) atoms. The number of ether oxygens (including phenoxy) is 3. The summed E-state index contributed by atoms with van der Waals surface area (Å²) in [4.78, 5) is 0. The first-order valence-corrected chi connectivity index (χ1v) is 7.47. The van der Waals surface area contributed by atoms with Crippen LogP contribution in [0.15, 0.2) is 12.1 Å². The maximum Gasteiger partial charge on any atom is 0.203 e. The van der Waals surface area contributed by atoms with E-state index in [0.717, 1.165) is 12.1 Å². The lowest BCUT2D eigenvalue weighted by Crippen LogP contribution is -2.19. The summed E-state index contributed by atoms with van der Waals surface area (Å²) < 4.78 is 17.1. The van der Waals surface area contributed by atoms with Crippen molar-refractivity contribution in [2.75, 3.05) is 26.4 Å². The minimum atomic E-state index is -0.177. The summed E-state index contributed by atoms with van der Waals surface area (Å²) in [5, 5.41) is 3.25. The van der Waals surface area contributed by atoms with Gasteiger partial charge in [-0.15, -0.1) is 6.42 Å². The summed E-state index contributed by atoms with van der Waals surface area (Å²) >= 11 is 0. The Bertz CT molecular complexity index is 452. The van der Waals surface area contributed by atoms with Crippen molar-refractivity contribution in [3.8, 4) is 29.6 Å². The monoisotopic (exact) mass is 291 g/mol. The molecule has 1 aromatic rings. The second-order valence-electron chi connectivity index (χ2n) is 4.30. The van der Waals surface area contributed by atoms with Crippen LogP contribution in [0.2, 0.25) is 0 Å². The fourth-order valence-electron chi connectivity index (χ4n) is 2.05. The third-order valence-electron chi connectivity index (χ3n) is 2.84. The van der Waals surface area contributed by atoms with Crippen molar-refractivity contribution in [1.29, 1.82) is 0 Å². The molecule has 1 aromatic carbocycles. The van der Waals surface area contributed by atoms with Crippen LogP contribution >= 0.6 is 0 Å². The molecule has 0 spiro atoms. The molecule has 0 aromatic heterocycles. The molecule has 0 saturated carbocycles. The van der Waals surface area contributed by atoms with Gasteiger partial charge in [0.05, 0.1) is 25.9 Å². The molecule has 116 valence electrons. The van der Waals surface area contributed by atoms with Crippen molar-refractivity contribution in [3.05, 3.63) is 17.7 Å². The first-order chi connectivity index (χ1) is 10.2. The second-order valence-corrected chi connectivity index (χ2v) is 4.30. The molecule has 1 unspecified atom stereocenters. The van der Waals surface area contributed by atoms with Crippen molar-refractivity contribution >= 4 is 0 Å². The quantitative estimate of drug-likeness (QED) is 0.709. The zero-order valence-electron chi connectivity index (χ0n) is 13.4. The SMILES string of the molecule is C#CC(NCC)c1cc(OCC)c(OCC)c(OCC)c1. The van der Waals surface area contributed by atoms with Gasteiger partial charge >= 0.3 is 0 Å². The molecule has 0 aliphatic heterocycles. The van der Waals surface area contributed by atoms with Gasteiger partial charge in [0.25, 0.3) is 0 Å². The van der Waals surface area contributed by atoms with E-state index in [1.807, 2.05) is 39.8 Å². The highest BCUT2D eigenvalue weighted by atomic mass is 16.5. The Labute approximate surface area is 127 Å². The van der Waals surface area contributed by atoms with Crippen LogP contribution in [0.4, 0.5) is 0 Å². The number of hydrogen-bond acceptors (Lipinski definition) is 4. The lowest BCUT2D eigenvalue weighted by Gasteiger charge is -2.19. The molecule has 1 atom stereocenters. The van der Waals surface area contributed by atoms with Crippen molar-refractivity contribution in [3.63, 3.8) is 0 Å². The van der Waals surface area contributed by atoms with Crippen molar-refractivity contribution in [1.82, 2.24) is 5.32 Å². The molecule has 1 N–H and O–H groups in total. The maximum absolute atomic E-state index is 5.69. The summed E-state index contributed by atoms with van der Waals surface area (Å²) in [6, 6.07) is 3.66. The van der Waals surface area contributed by atoms with Crippen LogP contribution < -0.4 is 19.5 Å². The van der Waals surface area contributed by atoms with Gasteiger partial charge in [-0.1, -0.05) is 12.8 Å². The molecule has 0 heterocycles. The Morgan fingerprint density at radius 1 is 1.00 bits per heavy atom. The first kappa shape index (κ1) is 17.2. The van der Waals surface area contributed by atoms with Gasteiger partial charge in [-0.05, 0) is 45.0 Å². The normalized spacial score (nSPS) is 11.6. The molecule has 0 aliphatic carbocycles. The predicted molar refractivity (Wildman–Crippen MR) is 85.2 cm³/mol. The van der Waals surface area contributed by atoms with Gasteiger partial charge in [-0.3, -0.25) is 0 Å². The molecule has 0 radical (unpaired) electrons. The van der Waals surface area contributed by atoms with Gasteiger partial charge in [0.15, 0.2) is 11.5 Å². The number of nitrogens with one attached hydrogen (secondary N) is 1. The molecule has 0 saturated heterocycles. The molecule has 0 aliphatic rings. The Kier molecular flexibility index (Phi) is 7.49. The highest BCUT2D eigenvalue weighted by Gasteiger charge is 2.18. The minimum Gasteiger partial charge on any atom is -0.490 e. The molecule has 4 nitrogen and oxygen atoms in total. The van der Waals surface area contributed by atoms with Crippen molar-refractivity contribution in [2.45, 2.75) is 33.7 Å². The number of benzene rings is 1. The van der Waals surface area contributed by atoms with E-state index in [-0.39, 0.29) is 6.04 Å². The fraction of sp³-hybridized carbons (Fsp3) is 0.529. The highest BCUT2D eigenvalue weighted by molar-refractivity contribution is 5.55. The zero-order valence-corrected chi connectivity index (χ0v) is 13.4. The van der Waals surface area contributed by atoms with Crippen LogP contribution in [0.1, 0.15) is 39.3 Å². The zero-order chi connectivity index (χ0) is 15.7. The van der Waals surface area contributed by atoms with Crippen LogP contribution in [-0.2, 0) is 0 Å². The smallest absolute Gasteiger partial charge is 0.203 e. The van der Waals surface area contributed by atoms with Gasteiger partial charge in [-0.25, -0.2) is 0 Å². The molecule has 0 fully saturated rings. The van der Waals surface area contributed by atoms with E-state index in [9.17, 15) is 0 Å². The maximum atomic E-state index is 5.69. The van der Waals surface area contributed by atoms with Crippen molar-refractivity contribution in [2.24, 2.45) is 0 Å². The molecule has 4 heteroatoms. The van der Waals surface area contributed by atoms with Crippen LogP contribution in [0.3, 0.4) is 0 Å². The van der Waals surface area contributed by atoms with E-state index in [1.54, 1.807) is 0 Å². The Balaban J connectivity index is 3.30. The van der Waals surface area contributed by atoms with E-state index in [0.29, 0.717) is 37.1 Å². The summed E-state index contributed by atoms with van der Waals surface area (Å²) in [5.41, 5.74) is 0.940. The van der Waals surface area contributed by atoms with Gasteiger partial charge in [-0.2, -0.15) is 0 Å². The summed E-state index contributed by atoms with van der Waals surface area (Å²) in [7, 11) is 0. The topological polar surface area (TPSA) is 39.7 Å². The Morgan fingerprint density at radius 2 is 1.52 bits per heavy atom. The van der Waals surface area contributed by atoms with Gasteiger partial charge in [0.1, 0.15) is 0 Å². The molecule has 0 amide bonds. The molecule has 1 rings (SSSR count). The number of hydrogen-bond donors (Lipinski definition) is 1. The van der Waals surface area contributed by atoms with Crippen LogP contribution in [0.5, 0.6) is 17.2 Å². The number of rotatable bonds is 9. The van der Waals surface area contributed by atoms with Gasteiger partial charge in [0.2, 0.25) is 5.75 Å². The van der Waals surface area contributed by atoms with E-state index >= 15 is 0 Å². The predicted octanol–water partition coefficient (Wildman–Crippen LogP) is 3.17. The molecular weight excluding hydrogens is 266 g/mol. The largest absolute Gasteiger partial charge is 0.490 e. The summed E-state index contributed by atoms with van der Waals surface area (Å²) in [6.45, 7) is 10.3. The van der Waals surface area contributed by atoms with Crippen LogP contribution in [0, 0.1) is 12.3 Å². The first-order valence-electron chi connectivity index (χ1n) is 7.47. The number of terminal acetylenes is 1. The van der Waals surface area contributed by atoms with E-state index in [4.69, 9.17) is 20.6 Å². The van der Waals surface area contributed by atoms with Crippen LogP contribution in [0.25, 0.3) is 0 Å². The second kappa shape index (κ2) is 9.15. The van der Waals surface area contributed by atoms with E-state index < -0.39 is 0 Å². The third-order valence-corrected chi connectivity index (χ3v) is 2.84. The lowest BCUT2D eigenvalue weighted by molar-refractivity contribution is 0.260. The Hall–Kier alpha value is -1.86. The van der Waals surface area contributed by atoms with Gasteiger partial charge in [0, 0.05) is 0 Å². The standard InChI is InChI=1S/C17H25NO3/c1-6-14(18-7-2)13-11-15(19-8-3)17(21-10-5)16(12-13)20-9-4/h1,11-12,14,18H,7-10H2,2-5H3. The average Bonchev–Trinajstić information content (AvgIpc) is 2.48. The van der Waals surface area contributed by atoms with E-state index in [1.165, 1.54) is 0 Å². The van der Waals surface area contributed by atoms with Crippen LogP contribution in [-0.4, -0.2) is 26.4 Å². The Morgan fingerprint density at radius 3 is 1.90 bits per heavy atom. The molecular formula is C17H25NO3. The third kappa shape index (κ3) is 4.57. The average molecular weight is 291 g/mol. The molecule has 0 bridgehead atoms. The highest BCUT2D eigenvalue weighted by Crippen LogP contribution is 2.40. The van der Waals surface area contributed by atoms with Crippen molar-refractivity contribution < 1.29 is 14.2 Å². The summed E-state index contributed by atoms with van der Waals surface area (Å²) in [5.74, 6) is 4.71. The lowest BCUT2D eigenvalue weighted by atomic mass is 10.1. The van der Waals surface area contributed by atoms with E-state index in [2.05, 4.69) is 11.2 Å². The minimum absolute atomic E-state index is 0.177. The fourth-order valence-corrected chi connectivity index (χ4v) is 2.05.